The maximum Gasteiger partial charge on any atom is 0.288 e. The Hall–Kier alpha value is -0.910. The van der Waals surface area contributed by atoms with Crippen LogP contribution in [0.2, 0.25) is 0 Å². The van der Waals surface area contributed by atoms with Crippen molar-refractivity contribution in [2.24, 2.45) is 5.92 Å². The van der Waals surface area contributed by atoms with Gasteiger partial charge in [-0.05, 0) is 0 Å². The van der Waals surface area contributed by atoms with Crippen LogP contribution >= 0.6 is 0 Å². The molecule has 0 aliphatic carbocycles. The largest absolute Gasteiger partial charge is 0.335 e. The summed E-state index contributed by atoms with van der Waals surface area (Å²) >= 11 is 0. The molecule has 0 fully saturated rings. The first-order chi connectivity index (χ1) is 6.30. The molecule has 6 heteroatoms. The lowest BCUT2D eigenvalue weighted by Gasteiger charge is -2.05. The Morgan fingerprint density at radius 3 is 2.14 bits per heavy atom. The molecule has 82 valence electrons. The van der Waals surface area contributed by atoms with Crippen molar-refractivity contribution in [2.75, 3.05) is 11.6 Å². The van der Waals surface area contributed by atoms with E-state index in [4.69, 9.17) is 0 Å². The van der Waals surface area contributed by atoms with Crippen LogP contribution in [0.25, 0.3) is 0 Å². The van der Waals surface area contributed by atoms with Gasteiger partial charge in [0.15, 0.2) is 9.84 Å². The molecule has 0 aliphatic rings. The first-order valence-electron chi connectivity index (χ1n) is 4.32. The first kappa shape index (κ1) is 13.1. The highest BCUT2D eigenvalue weighted by atomic mass is 32.2. The minimum absolute atomic E-state index is 0.0524. The molecule has 0 heterocycles. The van der Waals surface area contributed by atoms with Crippen molar-refractivity contribution in [2.45, 2.75) is 20.8 Å². The number of Topliss-reactive ketones (excluding diaryl/α,β-unsaturated/α-hetero) is 1. The summed E-state index contributed by atoms with van der Waals surface area (Å²) in [5.41, 5.74) is 0. The SMILES string of the molecule is CCS(=O)(=O)CNC(=O)C(=O)C(C)C. The van der Waals surface area contributed by atoms with Crippen LogP contribution in [0, 0.1) is 5.92 Å². The summed E-state index contributed by atoms with van der Waals surface area (Å²) in [7, 11) is -3.26. The first-order valence-corrected chi connectivity index (χ1v) is 6.14. The van der Waals surface area contributed by atoms with Crippen LogP contribution in [0.3, 0.4) is 0 Å². The summed E-state index contributed by atoms with van der Waals surface area (Å²) in [6.07, 6.45) is 0. The average Bonchev–Trinajstić information content (AvgIpc) is 2.13. The molecule has 1 N–H and O–H groups in total. The van der Waals surface area contributed by atoms with Gasteiger partial charge in [-0.2, -0.15) is 0 Å². The van der Waals surface area contributed by atoms with Crippen LogP contribution in [0.4, 0.5) is 0 Å². The van der Waals surface area contributed by atoms with Crippen molar-refractivity contribution < 1.29 is 18.0 Å². The molecular formula is C8H15NO4S. The van der Waals surface area contributed by atoms with E-state index in [1.54, 1.807) is 13.8 Å². The molecule has 0 atom stereocenters. The van der Waals surface area contributed by atoms with E-state index in [-0.39, 0.29) is 5.75 Å². The van der Waals surface area contributed by atoms with Crippen LogP contribution in [-0.4, -0.2) is 31.7 Å². The predicted molar refractivity (Wildman–Crippen MR) is 52.3 cm³/mol. The molecule has 0 aromatic rings. The number of carbonyl (C=O) groups is 2. The van der Waals surface area contributed by atoms with Gasteiger partial charge in [0.25, 0.3) is 5.91 Å². The van der Waals surface area contributed by atoms with Gasteiger partial charge in [-0.1, -0.05) is 20.8 Å². The summed E-state index contributed by atoms with van der Waals surface area (Å²) in [4.78, 5) is 22.1. The number of rotatable bonds is 5. The summed E-state index contributed by atoms with van der Waals surface area (Å²) in [5, 5.41) is 2.08. The minimum atomic E-state index is -3.26. The Kier molecular flexibility index (Phi) is 4.76. The van der Waals surface area contributed by atoms with E-state index < -0.39 is 33.3 Å². The van der Waals surface area contributed by atoms with Crippen molar-refractivity contribution >= 4 is 21.5 Å². The monoisotopic (exact) mass is 221 g/mol. The fourth-order valence-electron chi connectivity index (χ4n) is 0.627. The Morgan fingerprint density at radius 1 is 1.29 bits per heavy atom. The van der Waals surface area contributed by atoms with E-state index in [9.17, 15) is 18.0 Å². The third-order valence-electron chi connectivity index (χ3n) is 1.64. The smallest absolute Gasteiger partial charge is 0.288 e. The van der Waals surface area contributed by atoms with Crippen molar-refractivity contribution in [1.82, 2.24) is 5.32 Å². The molecule has 5 nitrogen and oxygen atoms in total. The second kappa shape index (κ2) is 5.09. The zero-order chi connectivity index (χ0) is 11.4. The highest BCUT2D eigenvalue weighted by Crippen LogP contribution is 1.94. The Balaban J connectivity index is 4.18. The van der Waals surface area contributed by atoms with Crippen LogP contribution in [-0.2, 0) is 19.4 Å². The van der Waals surface area contributed by atoms with E-state index in [2.05, 4.69) is 5.32 Å². The number of carbonyl (C=O) groups excluding carboxylic acids is 2. The molecule has 0 rings (SSSR count). The lowest BCUT2D eigenvalue weighted by molar-refractivity contribution is -0.139. The maximum atomic E-state index is 11.0. The van der Waals surface area contributed by atoms with Crippen LogP contribution in [0.1, 0.15) is 20.8 Å². The molecular weight excluding hydrogens is 206 g/mol. The fourth-order valence-corrected chi connectivity index (χ4v) is 1.18. The number of nitrogens with one attached hydrogen (secondary N) is 1. The molecule has 0 spiro atoms. The molecule has 1 amide bonds. The number of ketones is 1. The molecule has 0 radical (unpaired) electrons. The lowest BCUT2D eigenvalue weighted by Crippen LogP contribution is -2.37. The highest BCUT2D eigenvalue weighted by Gasteiger charge is 2.18. The van der Waals surface area contributed by atoms with E-state index in [0.29, 0.717) is 0 Å². The van der Waals surface area contributed by atoms with Gasteiger partial charge in [0, 0.05) is 11.7 Å². The van der Waals surface area contributed by atoms with Crippen molar-refractivity contribution in [3.05, 3.63) is 0 Å². The zero-order valence-electron chi connectivity index (χ0n) is 8.53. The molecule has 0 aromatic heterocycles. The molecule has 14 heavy (non-hydrogen) atoms. The van der Waals surface area contributed by atoms with E-state index in [0.717, 1.165) is 0 Å². The second-order valence-electron chi connectivity index (χ2n) is 3.20. The Labute approximate surface area is 83.8 Å². The van der Waals surface area contributed by atoms with Gasteiger partial charge in [0.1, 0.15) is 5.88 Å². The van der Waals surface area contributed by atoms with Crippen LogP contribution in [0.15, 0.2) is 0 Å². The standard InChI is InChI=1S/C8H15NO4S/c1-4-14(12,13)5-9-8(11)7(10)6(2)3/h6H,4-5H2,1-3H3,(H,9,11). The summed E-state index contributed by atoms with van der Waals surface area (Å²) in [5.74, 6) is -2.38. The van der Waals surface area contributed by atoms with E-state index >= 15 is 0 Å². The van der Waals surface area contributed by atoms with Gasteiger partial charge in [-0.3, -0.25) is 9.59 Å². The number of sulfone groups is 1. The number of hydrogen-bond donors (Lipinski definition) is 1. The highest BCUT2D eigenvalue weighted by molar-refractivity contribution is 7.91. The van der Waals surface area contributed by atoms with Crippen LogP contribution < -0.4 is 5.32 Å². The molecule has 0 saturated carbocycles. The third-order valence-corrected chi connectivity index (χ3v) is 3.10. The summed E-state index contributed by atoms with van der Waals surface area (Å²) < 4.78 is 21.9. The lowest BCUT2D eigenvalue weighted by atomic mass is 10.1. The minimum Gasteiger partial charge on any atom is -0.335 e. The molecule has 0 saturated heterocycles. The topological polar surface area (TPSA) is 80.3 Å². The van der Waals surface area contributed by atoms with Crippen molar-refractivity contribution in [3.8, 4) is 0 Å². The maximum absolute atomic E-state index is 11.0. The van der Waals surface area contributed by atoms with Crippen molar-refractivity contribution in [3.63, 3.8) is 0 Å². The Morgan fingerprint density at radius 2 is 1.79 bits per heavy atom. The fraction of sp³-hybridized carbons (Fsp3) is 0.750. The van der Waals surface area contributed by atoms with Crippen LogP contribution in [0.5, 0.6) is 0 Å². The summed E-state index contributed by atoms with van der Waals surface area (Å²) in [6.45, 7) is 4.64. The van der Waals surface area contributed by atoms with E-state index in [1.807, 2.05) is 0 Å². The molecule has 0 unspecified atom stereocenters. The van der Waals surface area contributed by atoms with Crippen molar-refractivity contribution in [1.29, 1.82) is 0 Å². The number of hydrogen-bond acceptors (Lipinski definition) is 4. The van der Waals surface area contributed by atoms with Gasteiger partial charge >= 0.3 is 0 Å². The molecule has 0 aliphatic heterocycles. The zero-order valence-corrected chi connectivity index (χ0v) is 9.35. The van der Waals surface area contributed by atoms with Gasteiger partial charge in [0.2, 0.25) is 5.78 Å². The van der Waals surface area contributed by atoms with Gasteiger partial charge in [-0.25, -0.2) is 8.42 Å². The average molecular weight is 221 g/mol. The third kappa shape index (κ3) is 4.36. The van der Waals surface area contributed by atoms with Gasteiger partial charge in [-0.15, -0.1) is 0 Å². The number of amides is 1. The second-order valence-corrected chi connectivity index (χ2v) is 5.55. The van der Waals surface area contributed by atoms with Gasteiger partial charge < -0.3 is 5.32 Å². The Bertz CT molecular complexity index is 318. The molecule has 0 aromatic carbocycles. The summed E-state index contributed by atoms with van der Waals surface area (Å²) in [6, 6.07) is 0. The molecule has 0 bridgehead atoms. The normalized spacial score (nSPS) is 11.4. The van der Waals surface area contributed by atoms with Gasteiger partial charge in [0.05, 0.1) is 0 Å². The predicted octanol–water partition coefficient (Wildman–Crippen LogP) is -0.280. The quantitative estimate of drug-likeness (QED) is 0.647. The van der Waals surface area contributed by atoms with E-state index in [1.165, 1.54) is 6.92 Å².